The fourth-order valence-corrected chi connectivity index (χ4v) is 3.26. The molecule has 2 aromatic rings. The van der Waals surface area contributed by atoms with Crippen LogP contribution in [0, 0.1) is 5.82 Å². The van der Waals surface area contributed by atoms with Gasteiger partial charge >= 0.3 is 0 Å². The van der Waals surface area contributed by atoms with Crippen molar-refractivity contribution in [2.24, 2.45) is 0 Å². The molecule has 1 aliphatic rings. The van der Waals surface area contributed by atoms with Crippen LogP contribution in [0.15, 0.2) is 48.5 Å². The second kappa shape index (κ2) is 8.96. The molecule has 138 valence electrons. The number of halogens is 1. The van der Waals surface area contributed by atoms with Gasteiger partial charge in [-0.2, -0.15) is 0 Å². The lowest BCUT2D eigenvalue weighted by Crippen LogP contribution is -2.49. The van der Waals surface area contributed by atoms with Gasteiger partial charge in [-0.25, -0.2) is 4.39 Å². The molecule has 3 rings (SSSR count). The van der Waals surface area contributed by atoms with Crippen molar-refractivity contribution in [2.75, 3.05) is 38.1 Å². The fourth-order valence-electron chi connectivity index (χ4n) is 2.96. The maximum absolute atomic E-state index is 13.0. The first-order chi connectivity index (χ1) is 12.6. The van der Waals surface area contributed by atoms with Gasteiger partial charge in [-0.1, -0.05) is 12.1 Å². The van der Waals surface area contributed by atoms with Crippen LogP contribution in [-0.4, -0.2) is 47.7 Å². The Bertz CT molecular complexity index is 713. The third-order valence-electron chi connectivity index (χ3n) is 4.40. The van der Waals surface area contributed by atoms with E-state index in [4.69, 9.17) is 17.0 Å². The van der Waals surface area contributed by atoms with Gasteiger partial charge in [0.1, 0.15) is 11.6 Å². The molecule has 1 heterocycles. The average Bonchev–Trinajstić information content (AvgIpc) is 2.66. The summed E-state index contributed by atoms with van der Waals surface area (Å²) in [6.45, 7) is 7.09. The molecule has 26 heavy (non-hydrogen) atoms. The second-order valence-electron chi connectivity index (χ2n) is 6.28. The van der Waals surface area contributed by atoms with Crippen LogP contribution < -0.4 is 10.1 Å². The van der Waals surface area contributed by atoms with E-state index in [9.17, 15) is 4.39 Å². The molecule has 0 atom stereocenters. The van der Waals surface area contributed by atoms with E-state index >= 15 is 0 Å². The first kappa shape index (κ1) is 18.6. The van der Waals surface area contributed by atoms with Crippen LogP contribution in [0.1, 0.15) is 12.5 Å². The summed E-state index contributed by atoms with van der Waals surface area (Å²) in [6.07, 6.45) is 0. The lowest BCUT2D eigenvalue weighted by molar-refractivity contribution is 0.177. The van der Waals surface area contributed by atoms with Crippen LogP contribution in [0.2, 0.25) is 0 Å². The lowest BCUT2D eigenvalue weighted by Gasteiger charge is -2.36. The van der Waals surface area contributed by atoms with Gasteiger partial charge in [-0.15, -0.1) is 0 Å². The molecule has 1 aliphatic heterocycles. The summed E-state index contributed by atoms with van der Waals surface area (Å²) in [4.78, 5) is 4.55. The van der Waals surface area contributed by atoms with Gasteiger partial charge in [0.25, 0.3) is 0 Å². The Kier molecular flexibility index (Phi) is 6.41. The summed E-state index contributed by atoms with van der Waals surface area (Å²) in [5.74, 6) is 0.669. The van der Waals surface area contributed by atoms with Gasteiger partial charge in [0.15, 0.2) is 5.11 Å². The summed E-state index contributed by atoms with van der Waals surface area (Å²) in [7, 11) is 0. The third-order valence-corrected chi connectivity index (χ3v) is 4.76. The van der Waals surface area contributed by atoms with Gasteiger partial charge in [-0.05, 0) is 61.1 Å². The summed E-state index contributed by atoms with van der Waals surface area (Å²) in [6, 6.07) is 14.6. The van der Waals surface area contributed by atoms with Crippen LogP contribution in [0.25, 0.3) is 0 Å². The highest BCUT2D eigenvalue weighted by molar-refractivity contribution is 7.80. The standard InChI is InChI=1S/C20H24FN3OS/c1-2-25-19-9-7-18(8-10-19)22-20(26)24-13-11-23(12-14-24)15-16-3-5-17(21)6-4-16/h3-10H,2,11-15H2,1H3,(H,22,26). The number of piperazine rings is 1. The quantitative estimate of drug-likeness (QED) is 0.806. The lowest BCUT2D eigenvalue weighted by atomic mass is 10.2. The highest BCUT2D eigenvalue weighted by Gasteiger charge is 2.19. The van der Waals surface area contributed by atoms with Crippen molar-refractivity contribution < 1.29 is 9.13 Å². The molecule has 1 N–H and O–H groups in total. The number of nitrogens with zero attached hydrogens (tertiary/aromatic N) is 2. The Morgan fingerprint density at radius 1 is 1.04 bits per heavy atom. The summed E-state index contributed by atoms with van der Waals surface area (Å²) in [5.41, 5.74) is 2.10. The van der Waals surface area contributed by atoms with Gasteiger partial charge in [0.05, 0.1) is 6.61 Å². The normalized spacial score (nSPS) is 14.9. The van der Waals surface area contributed by atoms with Crippen molar-refractivity contribution >= 4 is 23.0 Å². The molecular weight excluding hydrogens is 349 g/mol. The van der Waals surface area contributed by atoms with Gasteiger partial charge in [0, 0.05) is 38.4 Å². The van der Waals surface area contributed by atoms with Crippen molar-refractivity contribution in [3.63, 3.8) is 0 Å². The highest BCUT2D eigenvalue weighted by atomic mass is 32.1. The first-order valence-corrected chi connectivity index (χ1v) is 9.30. The molecule has 0 radical (unpaired) electrons. The zero-order valence-electron chi connectivity index (χ0n) is 15.0. The number of hydrogen-bond donors (Lipinski definition) is 1. The monoisotopic (exact) mass is 373 g/mol. The minimum absolute atomic E-state index is 0.190. The number of rotatable bonds is 5. The molecule has 0 amide bonds. The molecule has 2 aromatic carbocycles. The Morgan fingerprint density at radius 2 is 1.69 bits per heavy atom. The van der Waals surface area contributed by atoms with Crippen LogP contribution in [-0.2, 0) is 6.54 Å². The Balaban J connectivity index is 1.46. The molecule has 0 spiro atoms. The fraction of sp³-hybridized carbons (Fsp3) is 0.350. The molecule has 1 saturated heterocycles. The maximum atomic E-state index is 13.0. The largest absolute Gasteiger partial charge is 0.494 e. The predicted molar refractivity (Wildman–Crippen MR) is 107 cm³/mol. The van der Waals surface area contributed by atoms with Crippen LogP contribution in [0.5, 0.6) is 5.75 Å². The SMILES string of the molecule is CCOc1ccc(NC(=S)N2CCN(Cc3ccc(F)cc3)CC2)cc1. The van der Waals surface area contributed by atoms with Crippen molar-refractivity contribution in [3.05, 3.63) is 59.9 Å². The van der Waals surface area contributed by atoms with Crippen LogP contribution in [0.4, 0.5) is 10.1 Å². The van der Waals surface area contributed by atoms with Crippen molar-refractivity contribution in [1.82, 2.24) is 9.80 Å². The molecule has 4 nitrogen and oxygen atoms in total. The van der Waals surface area contributed by atoms with Crippen molar-refractivity contribution in [3.8, 4) is 5.75 Å². The number of nitrogens with one attached hydrogen (secondary N) is 1. The van der Waals surface area contributed by atoms with Gasteiger partial charge < -0.3 is 15.0 Å². The zero-order valence-corrected chi connectivity index (χ0v) is 15.8. The molecule has 0 unspecified atom stereocenters. The van der Waals surface area contributed by atoms with E-state index in [1.54, 1.807) is 0 Å². The highest BCUT2D eigenvalue weighted by Crippen LogP contribution is 2.17. The summed E-state index contributed by atoms with van der Waals surface area (Å²) in [5, 5.41) is 4.04. The smallest absolute Gasteiger partial charge is 0.173 e. The first-order valence-electron chi connectivity index (χ1n) is 8.89. The minimum Gasteiger partial charge on any atom is -0.494 e. The van der Waals surface area contributed by atoms with Crippen LogP contribution in [0.3, 0.4) is 0 Å². The second-order valence-corrected chi connectivity index (χ2v) is 6.66. The molecule has 0 bridgehead atoms. The topological polar surface area (TPSA) is 27.7 Å². The number of anilines is 1. The Hall–Kier alpha value is -2.18. The van der Waals surface area contributed by atoms with Crippen LogP contribution >= 0.6 is 12.2 Å². The molecular formula is C20H24FN3OS. The minimum atomic E-state index is -0.190. The Labute approximate surface area is 159 Å². The summed E-state index contributed by atoms with van der Waals surface area (Å²) >= 11 is 5.55. The van der Waals surface area contributed by atoms with Crippen molar-refractivity contribution in [2.45, 2.75) is 13.5 Å². The Morgan fingerprint density at radius 3 is 2.31 bits per heavy atom. The molecule has 0 aromatic heterocycles. The molecule has 0 aliphatic carbocycles. The molecule has 0 saturated carbocycles. The number of hydrogen-bond acceptors (Lipinski definition) is 3. The van der Waals surface area contributed by atoms with E-state index in [0.717, 1.165) is 54.8 Å². The maximum Gasteiger partial charge on any atom is 0.173 e. The summed E-state index contributed by atoms with van der Waals surface area (Å²) < 4.78 is 18.4. The average molecular weight is 373 g/mol. The predicted octanol–water partition coefficient (Wildman–Crippen LogP) is 3.74. The van der Waals surface area contributed by atoms with E-state index in [2.05, 4.69) is 15.1 Å². The van der Waals surface area contributed by atoms with Gasteiger partial charge in [0.2, 0.25) is 0 Å². The van der Waals surface area contributed by atoms with E-state index in [1.165, 1.54) is 12.1 Å². The van der Waals surface area contributed by atoms with E-state index < -0.39 is 0 Å². The number of benzene rings is 2. The van der Waals surface area contributed by atoms with E-state index in [1.807, 2.05) is 43.3 Å². The van der Waals surface area contributed by atoms with E-state index in [0.29, 0.717) is 6.61 Å². The number of ether oxygens (including phenoxy) is 1. The van der Waals surface area contributed by atoms with Crippen molar-refractivity contribution in [1.29, 1.82) is 0 Å². The third kappa shape index (κ3) is 5.16. The van der Waals surface area contributed by atoms with Gasteiger partial charge in [-0.3, -0.25) is 4.90 Å². The van der Waals surface area contributed by atoms with E-state index in [-0.39, 0.29) is 5.82 Å². The molecule has 6 heteroatoms. The zero-order chi connectivity index (χ0) is 18.4. The molecule has 1 fully saturated rings. The number of thiocarbonyl (C=S) groups is 1.